The van der Waals surface area contributed by atoms with Crippen molar-refractivity contribution in [1.29, 1.82) is 0 Å². The number of carbonyl (C=O) groups is 1. The Morgan fingerprint density at radius 2 is 1.79 bits per heavy atom. The molecule has 1 rings (SSSR count). The van der Waals surface area contributed by atoms with Crippen molar-refractivity contribution in [3.8, 4) is 0 Å². The average Bonchev–Trinajstić information content (AvgIpc) is 2.19. The maximum Gasteiger partial charge on any atom is 0.270 e. The van der Waals surface area contributed by atoms with Crippen molar-refractivity contribution in [2.45, 2.75) is 0 Å². The zero-order valence-corrected chi connectivity index (χ0v) is 8.30. The fourth-order valence-electron chi connectivity index (χ4n) is 1.23. The summed E-state index contributed by atoms with van der Waals surface area (Å²) in [5, 5.41) is 13.5. The summed E-state index contributed by atoms with van der Waals surface area (Å²) in [7, 11) is 3.45. The van der Waals surface area contributed by atoms with Crippen LogP contribution < -0.4 is 5.01 Å². The van der Waals surface area contributed by atoms with Gasteiger partial charge in [0.05, 0.1) is 5.69 Å². The summed E-state index contributed by atoms with van der Waals surface area (Å²) in [6.45, 7) is -0.743. The van der Waals surface area contributed by atoms with Gasteiger partial charge in [0, 0.05) is 14.1 Å². The van der Waals surface area contributed by atoms with E-state index in [2.05, 4.69) is 0 Å². The van der Waals surface area contributed by atoms with Gasteiger partial charge in [-0.2, -0.15) is 0 Å². The molecule has 0 N–H and O–H groups in total. The molecular weight excluding hydrogens is 180 g/mol. The Hall–Kier alpha value is -1.39. The fourth-order valence-corrected chi connectivity index (χ4v) is 1.23. The van der Waals surface area contributed by atoms with Crippen LogP contribution in [0.15, 0.2) is 30.3 Å². The van der Waals surface area contributed by atoms with Crippen LogP contribution in [0.25, 0.3) is 0 Å². The average molecular weight is 193 g/mol. The van der Waals surface area contributed by atoms with Crippen LogP contribution in [0.1, 0.15) is 0 Å². The highest BCUT2D eigenvalue weighted by Crippen LogP contribution is 2.13. The molecular formula is C10H13N2O2. The van der Waals surface area contributed by atoms with Gasteiger partial charge in [0.2, 0.25) is 0 Å². The van der Waals surface area contributed by atoms with Gasteiger partial charge in [-0.25, -0.2) is 15.1 Å². The van der Waals surface area contributed by atoms with Crippen molar-refractivity contribution in [1.82, 2.24) is 5.01 Å². The second-order valence-corrected chi connectivity index (χ2v) is 3.03. The van der Waals surface area contributed by atoms with Gasteiger partial charge in [-0.3, -0.25) is 4.79 Å². The predicted molar refractivity (Wildman–Crippen MR) is 53.2 cm³/mol. The molecule has 0 aliphatic heterocycles. The summed E-state index contributed by atoms with van der Waals surface area (Å²) in [5.41, 5.74) is 0.707. The van der Waals surface area contributed by atoms with Gasteiger partial charge in [-0.05, 0) is 12.1 Å². The van der Waals surface area contributed by atoms with Crippen LogP contribution in [-0.4, -0.2) is 31.6 Å². The third-order valence-corrected chi connectivity index (χ3v) is 1.76. The van der Waals surface area contributed by atoms with E-state index in [0.717, 1.165) is 0 Å². The smallest absolute Gasteiger partial charge is 0.270 e. The molecule has 0 aliphatic rings. The van der Waals surface area contributed by atoms with E-state index >= 15 is 0 Å². The molecule has 4 nitrogen and oxygen atoms in total. The standard InChI is InChI=1S/C10H13N2O2/c1-11(2)12(10(14)8-13)9-6-4-3-5-7-9/h3-7H,8H2,1-2H3. The van der Waals surface area contributed by atoms with E-state index in [9.17, 15) is 9.90 Å². The second-order valence-electron chi connectivity index (χ2n) is 3.03. The van der Waals surface area contributed by atoms with E-state index in [1.54, 1.807) is 31.2 Å². The minimum atomic E-state index is -0.743. The molecule has 14 heavy (non-hydrogen) atoms. The van der Waals surface area contributed by atoms with E-state index < -0.39 is 12.5 Å². The maximum absolute atomic E-state index is 11.3. The van der Waals surface area contributed by atoms with Crippen molar-refractivity contribution in [3.63, 3.8) is 0 Å². The Morgan fingerprint density at radius 3 is 2.21 bits per heavy atom. The lowest BCUT2D eigenvalue weighted by Crippen LogP contribution is -2.43. The maximum atomic E-state index is 11.3. The van der Waals surface area contributed by atoms with Crippen molar-refractivity contribution >= 4 is 11.6 Å². The molecule has 0 saturated heterocycles. The molecule has 0 bridgehead atoms. The van der Waals surface area contributed by atoms with E-state index in [1.807, 2.05) is 18.2 Å². The monoisotopic (exact) mass is 193 g/mol. The van der Waals surface area contributed by atoms with Gasteiger partial charge in [-0.1, -0.05) is 18.2 Å². The third kappa shape index (κ3) is 2.31. The molecule has 0 heterocycles. The van der Waals surface area contributed by atoms with Crippen LogP contribution in [-0.2, 0) is 9.90 Å². The molecule has 75 valence electrons. The first kappa shape index (κ1) is 10.7. The molecule has 0 atom stereocenters. The van der Waals surface area contributed by atoms with Crippen LogP contribution >= 0.6 is 0 Å². The van der Waals surface area contributed by atoms with Gasteiger partial charge in [0.15, 0.2) is 6.61 Å². The van der Waals surface area contributed by atoms with Gasteiger partial charge < -0.3 is 0 Å². The van der Waals surface area contributed by atoms with Crippen molar-refractivity contribution in [3.05, 3.63) is 30.3 Å². The van der Waals surface area contributed by atoms with Crippen LogP contribution in [0, 0.1) is 0 Å². The van der Waals surface area contributed by atoms with E-state index in [-0.39, 0.29) is 0 Å². The Bertz CT molecular complexity index is 298. The van der Waals surface area contributed by atoms with Gasteiger partial charge >= 0.3 is 0 Å². The SMILES string of the molecule is CN(C)N(C(=O)C[O])c1ccccc1. The summed E-state index contributed by atoms with van der Waals surface area (Å²) in [6, 6.07) is 9.08. The Balaban J connectivity index is 2.95. The molecule has 0 unspecified atom stereocenters. The van der Waals surface area contributed by atoms with E-state index in [1.165, 1.54) is 5.01 Å². The first-order chi connectivity index (χ1) is 6.66. The number of nitrogens with zero attached hydrogens (tertiary/aromatic N) is 2. The molecule has 0 aliphatic carbocycles. The van der Waals surface area contributed by atoms with E-state index in [4.69, 9.17) is 0 Å². The number of hydrogen-bond donors (Lipinski definition) is 0. The van der Waals surface area contributed by atoms with Gasteiger partial charge in [0.25, 0.3) is 5.91 Å². The Kier molecular flexibility index (Phi) is 3.62. The summed E-state index contributed by atoms with van der Waals surface area (Å²) in [4.78, 5) is 11.3. The van der Waals surface area contributed by atoms with Crippen LogP contribution in [0.4, 0.5) is 5.69 Å². The van der Waals surface area contributed by atoms with Crippen molar-refractivity contribution in [2.24, 2.45) is 0 Å². The molecule has 0 fully saturated rings. The zero-order valence-electron chi connectivity index (χ0n) is 8.30. The van der Waals surface area contributed by atoms with Crippen LogP contribution in [0.3, 0.4) is 0 Å². The first-order valence-corrected chi connectivity index (χ1v) is 4.30. The van der Waals surface area contributed by atoms with Crippen LogP contribution in [0.2, 0.25) is 0 Å². The Morgan fingerprint density at radius 1 is 1.21 bits per heavy atom. The lowest BCUT2D eigenvalue weighted by molar-refractivity contribution is -0.125. The lowest BCUT2D eigenvalue weighted by Gasteiger charge is -2.27. The molecule has 1 aromatic rings. The number of benzene rings is 1. The number of para-hydroxylation sites is 1. The third-order valence-electron chi connectivity index (χ3n) is 1.76. The molecule has 1 radical (unpaired) electrons. The topological polar surface area (TPSA) is 43.5 Å². The van der Waals surface area contributed by atoms with Gasteiger partial charge in [-0.15, -0.1) is 0 Å². The second kappa shape index (κ2) is 4.74. The quantitative estimate of drug-likeness (QED) is 0.670. The minimum Gasteiger partial charge on any atom is -0.270 e. The van der Waals surface area contributed by atoms with Crippen molar-refractivity contribution < 1.29 is 9.90 Å². The summed E-state index contributed by atoms with van der Waals surface area (Å²) < 4.78 is 0. The summed E-state index contributed by atoms with van der Waals surface area (Å²) in [6.07, 6.45) is 0. The molecule has 1 aromatic carbocycles. The molecule has 0 aromatic heterocycles. The zero-order chi connectivity index (χ0) is 10.6. The fraction of sp³-hybridized carbons (Fsp3) is 0.300. The summed E-state index contributed by atoms with van der Waals surface area (Å²) in [5.74, 6) is -0.457. The number of carbonyl (C=O) groups excluding carboxylic acids is 1. The highest BCUT2D eigenvalue weighted by molar-refractivity contribution is 5.93. The lowest BCUT2D eigenvalue weighted by atomic mass is 10.3. The predicted octanol–water partition coefficient (Wildman–Crippen LogP) is 0.927. The summed E-state index contributed by atoms with van der Waals surface area (Å²) >= 11 is 0. The number of amides is 1. The van der Waals surface area contributed by atoms with Crippen molar-refractivity contribution in [2.75, 3.05) is 25.7 Å². The molecule has 1 amide bonds. The number of hydrazine groups is 1. The number of anilines is 1. The normalized spacial score (nSPS) is 10.3. The molecule has 0 spiro atoms. The molecule has 0 saturated carbocycles. The first-order valence-electron chi connectivity index (χ1n) is 4.30. The highest BCUT2D eigenvalue weighted by atomic mass is 16.3. The Labute approximate surface area is 83.3 Å². The number of rotatable bonds is 3. The largest absolute Gasteiger partial charge is 0.270 e. The van der Waals surface area contributed by atoms with E-state index in [0.29, 0.717) is 5.69 Å². The minimum absolute atomic E-state index is 0.457. The highest BCUT2D eigenvalue weighted by Gasteiger charge is 2.16. The van der Waals surface area contributed by atoms with Gasteiger partial charge in [0.1, 0.15) is 0 Å². The number of hydrogen-bond acceptors (Lipinski definition) is 2. The molecule has 4 heteroatoms. The van der Waals surface area contributed by atoms with Crippen LogP contribution in [0.5, 0.6) is 0 Å².